The van der Waals surface area contributed by atoms with Crippen LogP contribution in [-0.4, -0.2) is 41.0 Å². The lowest BCUT2D eigenvalue weighted by molar-refractivity contribution is 0.432. The number of hydrogen-bond donors (Lipinski definition) is 2. The van der Waals surface area contributed by atoms with Gasteiger partial charge in [0, 0.05) is 35.7 Å². The van der Waals surface area contributed by atoms with Gasteiger partial charge in [-0.25, -0.2) is 22.8 Å². The van der Waals surface area contributed by atoms with Crippen molar-refractivity contribution in [3.05, 3.63) is 78.6 Å². The summed E-state index contributed by atoms with van der Waals surface area (Å²) in [5.74, 6) is 1.39. The Bertz CT molecular complexity index is 1390. The SMILES string of the molecule is O=S1(=O)CCC(CNCc2ccn(-c3ccc4ncnc(Nc5ccc(F)cc5)c4c3)c2)CC1. The van der Waals surface area contributed by atoms with E-state index in [-0.39, 0.29) is 5.82 Å². The van der Waals surface area contributed by atoms with E-state index in [2.05, 4.69) is 37.4 Å². The number of anilines is 2. The van der Waals surface area contributed by atoms with Gasteiger partial charge in [0.25, 0.3) is 0 Å². The van der Waals surface area contributed by atoms with Gasteiger partial charge >= 0.3 is 0 Å². The van der Waals surface area contributed by atoms with E-state index in [4.69, 9.17) is 0 Å². The van der Waals surface area contributed by atoms with Gasteiger partial charge in [0.2, 0.25) is 0 Å². The molecule has 0 radical (unpaired) electrons. The summed E-state index contributed by atoms with van der Waals surface area (Å²) in [6.07, 6.45) is 7.08. The van der Waals surface area contributed by atoms with Crippen molar-refractivity contribution in [3.8, 4) is 5.69 Å². The molecule has 7 nitrogen and oxygen atoms in total. The molecule has 0 spiro atoms. The molecule has 1 aliphatic heterocycles. The first-order chi connectivity index (χ1) is 16.4. The fourth-order valence-corrected chi connectivity index (χ4v) is 5.83. The quantitative estimate of drug-likeness (QED) is 0.413. The molecule has 9 heteroatoms. The van der Waals surface area contributed by atoms with E-state index in [1.807, 2.05) is 24.4 Å². The molecule has 176 valence electrons. The average molecular weight is 480 g/mol. The van der Waals surface area contributed by atoms with Crippen molar-refractivity contribution in [2.45, 2.75) is 19.4 Å². The molecule has 3 heterocycles. The van der Waals surface area contributed by atoms with Gasteiger partial charge < -0.3 is 15.2 Å². The van der Waals surface area contributed by atoms with E-state index in [9.17, 15) is 12.8 Å². The van der Waals surface area contributed by atoms with Crippen LogP contribution in [0.4, 0.5) is 15.9 Å². The molecule has 2 aromatic carbocycles. The van der Waals surface area contributed by atoms with E-state index in [1.165, 1.54) is 18.5 Å². The summed E-state index contributed by atoms with van der Waals surface area (Å²) in [6, 6.07) is 14.2. The summed E-state index contributed by atoms with van der Waals surface area (Å²) in [7, 11) is -2.82. The number of nitrogens with one attached hydrogen (secondary N) is 2. The van der Waals surface area contributed by atoms with Crippen LogP contribution in [0.3, 0.4) is 0 Å². The van der Waals surface area contributed by atoms with E-state index in [1.54, 1.807) is 12.1 Å². The van der Waals surface area contributed by atoms with Crippen LogP contribution in [0.25, 0.3) is 16.6 Å². The van der Waals surface area contributed by atoms with Crippen molar-refractivity contribution < 1.29 is 12.8 Å². The number of rotatable bonds is 7. The van der Waals surface area contributed by atoms with Crippen LogP contribution in [0.2, 0.25) is 0 Å². The molecule has 0 aliphatic carbocycles. The molecule has 0 atom stereocenters. The molecular weight excluding hydrogens is 453 g/mol. The van der Waals surface area contributed by atoms with Crippen LogP contribution < -0.4 is 10.6 Å². The number of hydrogen-bond acceptors (Lipinski definition) is 6. The molecule has 1 aliphatic rings. The number of halogens is 1. The molecule has 34 heavy (non-hydrogen) atoms. The van der Waals surface area contributed by atoms with Crippen molar-refractivity contribution >= 4 is 32.2 Å². The van der Waals surface area contributed by atoms with Gasteiger partial charge in [-0.05, 0) is 79.4 Å². The van der Waals surface area contributed by atoms with E-state index in [0.29, 0.717) is 23.2 Å². The Morgan fingerprint density at radius 1 is 1.03 bits per heavy atom. The van der Waals surface area contributed by atoms with Gasteiger partial charge in [-0.1, -0.05) is 0 Å². The van der Waals surface area contributed by atoms with Crippen molar-refractivity contribution in [2.24, 2.45) is 5.92 Å². The van der Waals surface area contributed by atoms with Gasteiger partial charge in [0.05, 0.1) is 17.0 Å². The third kappa shape index (κ3) is 5.26. The first-order valence-corrected chi connectivity index (χ1v) is 13.1. The zero-order chi connectivity index (χ0) is 23.5. The van der Waals surface area contributed by atoms with Gasteiger partial charge in [-0.2, -0.15) is 0 Å². The summed E-state index contributed by atoms with van der Waals surface area (Å²) < 4.78 is 38.5. The van der Waals surface area contributed by atoms with Crippen LogP contribution in [0.1, 0.15) is 18.4 Å². The molecule has 0 saturated carbocycles. The maximum absolute atomic E-state index is 13.2. The summed E-state index contributed by atoms with van der Waals surface area (Å²) in [5.41, 5.74) is 3.69. The molecule has 0 bridgehead atoms. The molecule has 0 unspecified atom stereocenters. The minimum absolute atomic E-state index is 0.287. The zero-order valence-corrected chi connectivity index (χ0v) is 19.4. The fraction of sp³-hybridized carbons (Fsp3) is 0.280. The molecule has 1 fully saturated rings. The smallest absolute Gasteiger partial charge is 0.150 e. The molecule has 4 aromatic rings. The molecule has 1 saturated heterocycles. The third-order valence-corrected chi connectivity index (χ3v) is 7.93. The monoisotopic (exact) mass is 479 g/mol. The molecule has 5 rings (SSSR count). The number of aromatic nitrogens is 3. The van der Waals surface area contributed by atoms with E-state index in [0.717, 1.165) is 53.8 Å². The Balaban J connectivity index is 1.27. The molecule has 0 amide bonds. The average Bonchev–Trinajstić information content (AvgIpc) is 3.30. The highest BCUT2D eigenvalue weighted by Crippen LogP contribution is 2.26. The Morgan fingerprint density at radius 3 is 2.62 bits per heavy atom. The highest BCUT2D eigenvalue weighted by Gasteiger charge is 2.23. The lowest BCUT2D eigenvalue weighted by Gasteiger charge is -2.22. The second-order valence-corrected chi connectivity index (χ2v) is 11.0. The Kier molecular flexibility index (Phi) is 6.30. The first-order valence-electron chi connectivity index (χ1n) is 11.3. The minimum atomic E-state index is -2.82. The summed E-state index contributed by atoms with van der Waals surface area (Å²) in [5, 5.41) is 7.58. The van der Waals surface area contributed by atoms with Crippen LogP contribution >= 0.6 is 0 Å². The predicted molar refractivity (Wildman–Crippen MR) is 132 cm³/mol. The van der Waals surface area contributed by atoms with Crippen LogP contribution in [-0.2, 0) is 16.4 Å². The minimum Gasteiger partial charge on any atom is -0.340 e. The topological polar surface area (TPSA) is 88.9 Å². The van der Waals surface area contributed by atoms with Gasteiger partial charge in [0.1, 0.15) is 27.8 Å². The number of sulfone groups is 1. The third-order valence-electron chi connectivity index (χ3n) is 6.21. The standard InChI is InChI=1S/C25H26FN5O2S/c26-20-1-3-21(4-2-20)30-25-23-13-22(5-6-24(23)28-17-29-25)31-10-7-19(16-31)15-27-14-18-8-11-34(32,33)12-9-18/h1-7,10,13,16-18,27H,8-9,11-12,14-15H2,(H,28,29,30). The zero-order valence-electron chi connectivity index (χ0n) is 18.6. The second-order valence-electron chi connectivity index (χ2n) is 8.71. The number of benzene rings is 2. The lowest BCUT2D eigenvalue weighted by Crippen LogP contribution is -2.30. The van der Waals surface area contributed by atoms with Gasteiger partial charge in [-0.3, -0.25) is 0 Å². The second kappa shape index (κ2) is 9.52. The number of nitrogens with zero attached hydrogens (tertiary/aromatic N) is 3. The Hall–Kier alpha value is -3.30. The van der Waals surface area contributed by atoms with Crippen molar-refractivity contribution in [2.75, 3.05) is 23.4 Å². The van der Waals surface area contributed by atoms with Crippen molar-refractivity contribution in [1.29, 1.82) is 0 Å². The number of fused-ring (bicyclic) bond motifs is 1. The largest absolute Gasteiger partial charge is 0.340 e. The molecule has 2 N–H and O–H groups in total. The van der Waals surface area contributed by atoms with Crippen LogP contribution in [0.15, 0.2) is 67.3 Å². The Labute approximate surface area is 198 Å². The first kappa shape index (κ1) is 22.5. The van der Waals surface area contributed by atoms with Crippen molar-refractivity contribution in [3.63, 3.8) is 0 Å². The van der Waals surface area contributed by atoms with E-state index < -0.39 is 9.84 Å². The highest BCUT2D eigenvalue weighted by molar-refractivity contribution is 7.91. The van der Waals surface area contributed by atoms with Gasteiger partial charge in [0.15, 0.2) is 0 Å². The van der Waals surface area contributed by atoms with Crippen LogP contribution in [0, 0.1) is 11.7 Å². The molecular formula is C25H26FN5O2S. The highest BCUT2D eigenvalue weighted by atomic mass is 32.2. The van der Waals surface area contributed by atoms with Crippen molar-refractivity contribution in [1.82, 2.24) is 19.9 Å². The van der Waals surface area contributed by atoms with E-state index >= 15 is 0 Å². The summed E-state index contributed by atoms with van der Waals surface area (Å²) >= 11 is 0. The normalized spacial score (nSPS) is 16.0. The maximum Gasteiger partial charge on any atom is 0.150 e. The summed E-state index contributed by atoms with van der Waals surface area (Å²) in [4.78, 5) is 8.75. The van der Waals surface area contributed by atoms with Crippen LogP contribution in [0.5, 0.6) is 0 Å². The maximum atomic E-state index is 13.2. The predicted octanol–water partition coefficient (Wildman–Crippen LogP) is 4.22. The lowest BCUT2D eigenvalue weighted by atomic mass is 10.0. The Morgan fingerprint density at radius 2 is 1.82 bits per heavy atom. The fourth-order valence-electron chi connectivity index (χ4n) is 4.24. The van der Waals surface area contributed by atoms with Gasteiger partial charge in [-0.15, -0.1) is 0 Å². The summed E-state index contributed by atoms with van der Waals surface area (Å²) in [6.45, 7) is 1.55. The molecule has 2 aromatic heterocycles.